The van der Waals surface area contributed by atoms with Gasteiger partial charge in [0.05, 0.1) is 61.9 Å². The molecule has 0 aromatic carbocycles. The molecule has 25 heteroatoms. The molecule has 0 spiro atoms. The van der Waals surface area contributed by atoms with Crippen molar-refractivity contribution in [3.8, 4) is 0 Å². The Bertz CT molecular complexity index is 784. The van der Waals surface area contributed by atoms with Crippen molar-refractivity contribution >= 4 is 175 Å². The predicted octanol–water partition coefficient (Wildman–Crippen LogP) is 6.28. The lowest BCUT2D eigenvalue weighted by Crippen LogP contribution is -2.23. The third-order valence-corrected chi connectivity index (χ3v) is 17.2. The number of hydrogen-bond acceptors (Lipinski definition) is 22. The van der Waals surface area contributed by atoms with E-state index in [1.807, 2.05) is 0 Å². The normalized spacial score (nSPS) is 12.1. The molecule has 2 amide bonds. The van der Waals surface area contributed by atoms with E-state index >= 15 is 0 Å². The lowest BCUT2D eigenvalue weighted by molar-refractivity contribution is -0.196. The Morgan fingerprint density at radius 2 is 1.29 bits per heavy atom. The number of carbonyl (C=O) groups excluding carboxylic acids is 2. The monoisotopic (exact) mass is 878 g/mol. The van der Waals surface area contributed by atoms with Gasteiger partial charge in [-0.15, -0.1) is 129 Å². The molecule has 0 aromatic heterocycles. The van der Waals surface area contributed by atoms with E-state index in [9.17, 15) is 13.8 Å². The number of nitrogens with one attached hydrogen (secondary N) is 2. The third-order valence-electron chi connectivity index (χ3n) is 3.41. The Morgan fingerprint density at radius 3 is 1.98 bits per heavy atom. The van der Waals surface area contributed by atoms with Crippen molar-refractivity contribution in [2.24, 2.45) is 9.98 Å². The highest BCUT2D eigenvalue weighted by molar-refractivity contribution is 8.24. The number of carbonyl (C=O) groups is 2. The van der Waals surface area contributed by atoms with Crippen LogP contribution in [0.5, 0.6) is 0 Å². The Balaban J connectivity index is 3.28. The largest absolute Gasteiger partial charge is 0.438 e. The average Bonchev–Trinajstić information content (AvgIpc) is 3.03. The van der Waals surface area contributed by atoms with E-state index in [-0.39, 0.29) is 17.1 Å². The van der Waals surface area contributed by atoms with E-state index < -0.39 is 16.9 Å². The third kappa shape index (κ3) is 40.4. The molecule has 12 nitrogen and oxygen atoms in total. The molecule has 45 heavy (non-hydrogen) atoms. The van der Waals surface area contributed by atoms with E-state index in [0.29, 0.717) is 45.6 Å². The molecule has 0 aliphatic rings. The van der Waals surface area contributed by atoms with Crippen molar-refractivity contribution in [1.82, 2.24) is 10.6 Å². The molecule has 0 saturated carbocycles. The van der Waals surface area contributed by atoms with Crippen LogP contribution in [0.4, 0.5) is 9.59 Å². The molecule has 0 fully saturated rings. The topological polar surface area (TPSA) is 168 Å². The van der Waals surface area contributed by atoms with Crippen molar-refractivity contribution in [3.63, 3.8) is 0 Å². The second-order valence-electron chi connectivity index (χ2n) is 6.62. The van der Waals surface area contributed by atoms with Gasteiger partial charge in [-0.25, -0.2) is 9.79 Å². The van der Waals surface area contributed by atoms with E-state index in [1.165, 1.54) is 47.2 Å². The van der Waals surface area contributed by atoms with E-state index in [0.717, 1.165) is 42.3 Å². The maximum absolute atomic E-state index is 11.7. The molecule has 0 saturated heterocycles. The average molecular weight is 879 g/mol. The highest BCUT2D eigenvalue weighted by atomic mass is 32.2. The molecular weight excluding hydrogens is 841 g/mol. The number of nitrogens with zero attached hydrogens (tertiary/aromatic N) is 2. The van der Waals surface area contributed by atoms with E-state index in [4.69, 9.17) is 24.7 Å². The van der Waals surface area contributed by atoms with Crippen LogP contribution in [-0.4, -0.2) is 126 Å². The predicted molar refractivity (Wildman–Crippen MR) is 219 cm³/mol. The lowest BCUT2D eigenvalue weighted by Gasteiger charge is -2.06. The Kier molecular flexibility index (Phi) is 42.4. The molecule has 1 atom stereocenters. The number of aliphatic hydroxyl groups is 2. The van der Waals surface area contributed by atoms with Crippen LogP contribution >= 0.6 is 141 Å². The second-order valence-corrected chi connectivity index (χ2v) is 22.4. The van der Waals surface area contributed by atoms with E-state index in [1.54, 1.807) is 94.1 Å². The van der Waals surface area contributed by atoms with Gasteiger partial charge in [0.25, 0.3) is 5.24 Å². The van der Waals surface area contributed by atoms with Crippen LogP contribution in [0.15, 0.2) is 9.98 Å². The molecule has 0 bridgehead atoms. The first kappa shape index (κ1) is 47.1. The summed E-state index contributed by atoms with van der Waals surface area (Å²) in [5.74, 6) is 2.83. The zero-order chi connectivity index (χ0) is 32.9. The molecule has 1 unspecified atom stereocenters. The number of aliphatic hydroxyl groups excluding tert-OH is 2. The zero-order valence-corrected chi connectivity index (χ0v) is 34.6. The molecular formula is C20H38N4O8S13. The van der Waals surface area contributed by atoms with E-state index in [2.05, 4.69) is 20.6 Å². The van der Waals surface area contributed by atoms with Crippen LogP contribution in [0.25, 0.3) is 0 Å². The van der Waals surface area contributed by atoms with Gasteiger partial charge in [0.15, 0.2) is 0 Å². The van der Waals surface area contributed by atoms with Gasteiger partial charge in [-0.2, -0.15) is 4.89 Å². The van der Waals surface area contributed by atoms with Crippen molar-refractivity contribution in [2.45, 2.75) is 0 Å². The number of ether oxygens (including phenoxy) is 1. The summed E-state index contributed by atoms with van der Waals surface area (Å²) in [4.78, 5) is 41.3. The number of hydrogen-bond donors (Lipinski definition) is 4. The summed E-state index contributed by atoms with van der Waals surface area (Å²) in [7, 11) is -1.14. The number of aliphatic imine (C=N–C) groups is 2. The molecule has 0 radical (unpaired) electrons. The lowest BCUT2D eigenvalue weighted by atomic mass is 11.1. The Morgan fingerprint density at radius 1 is 0.689 bits per heavy atom. The minimum Gasteiger partial charge on any atom is -0.438 e. The smallest absolute Gasteiger partial charge is 0.408 e. The van der Waals surface area contributed by atoms with Crippen molar-refractivity contribution < 1.29 is 38.5 Å². The van der Waals surface area contributed by atoms with Crippen LogP contribution in [0, 0.1) is 0 Å². The molecule has 0 aromatic rings. The van der Waals surface area contributed by atoms with Gasteiger partial charge in [0.1, 0.15) is 11.9 Å². The van der Waals surface area contributed by atoms with Gasteiger partial charge < -0.3 is 30.5 Å². The highest BCUT2D eigenvalue weighted by Gasteiger charge is 2.02. The fraction of sp³-hybridized carbons (Fsp3) is 0.800. The van der Waals surface area contributed by atoms with Crippen molar-refractivity contribution in [2.75, 3.05) is 87.9 Å². The van der Waals surface area contributed by atoms with Crippen LogP contribution in [0.1, 0.15) is 0 Å². The first-order valence-electron chi connectivity index (χ1n) is 12.1. The molecule has 0 heterocycles. The standard InChI is InChI=1S/C20H38N4O8S13/c25-7-37-17-44-20(28)24-5-36-14-41-11-33-2-21-1-31-32-10-40-16-43-15-39-9-30-19(27)23-4-35-13-42-12-34-3-22-6-45(29)18-38-8-26/h1,6,25-26H,2-5,7-18H2,(H,23,27)(H,24,28)/b21-1+,22-6-. The Labute approximate surface area is 319 Å². The van der Waals surface area contributed by atoms with Gasteiger partial charge in [0, 0.05) is 30.5 Å². The minimum absolute atomic E-state index is 0.0243. The first-order valence-corrected chi connectivity index (χ1v) is 27.2. The summed E-state index contributed by atoms with van der Waals surface area (Å²) in [5, 5.41) is 28.7. The van der Waals surface area contributed by atoms with Crippen LogP contribution < -0.4 is 10.6 Å². The van der Waals surface area contributed by atoms with Crippen molar-refractivity contribution in [3.05, 3.63) is 0 Å². The molecule has 4 N–H and O–H groups in total. The van der Waals surface area contributed by atoms with Crippen molar-refractivity contribution in [1.29, 1.82) is 0 Å². The summed E-state index contributed by atoms with van der Waals surface area (Å²) in [6, 6.07) is 0. The van der Waals surface area contributed by atoms with Crippen LogP contribution in [0.3, 0.4) is 0 Å². The quantitative estimate of drug-likeness (QED) is 0.0145. The minimum atomic E-state index is -1.14. The van der Waals surface area contributed by atoms with Crippen LogP contribution in [0.2, 0.25) is 0 Å². The number of amides is 2. The molecule has 0 aliphatic carbocycles. The van der Waals surface area contributed by atoms with Crippen LogP contribution in [-0.2, 0) is 25.3 Å². The maximum Gasteiger partial charge on any atom is 0.408 e. The fourth-order valence-electron chi connectivity index (χ4n) is 1.75. The van der Waals surface area contributed by atoms with Gasteiger partial charge in [-0.1, -0.05) is 11.8 Å². The maximum atomic E-state index is 11.7. The summed E-state index contributed by atoms with van der Waals surface area (Å²) >= 11 is 18.4. The summed E-state index contributed by atoms with van der Waals surface area (Å²) in [6.45, 7) is 0. The zero-order valence-electron chi connectivity index (χ0n) is 24.0. The molecule has 264 valence electrons. The summed E-state index contributed by atoms with van der Waals surface area (Å²) < 4.78 is 16.6. The molecule has 0 rings (SSSR count). The number of rotatable bonds is 33. The highest BCUT2D eigenvalue weighted by Crippen LogP contribution is 2.20. The number of thioether (sulfide) groups is 12. The summed E-state index contributed by atoms with van der Waals surface area (Å²) in [5.41, 5.74) is 1.42. The Hall–Kier alpha value is 2.11. The summed E-state index contributed by atoms with van der Waals surface area (Å²) in [6.07, 6.45) is 0.867. The first-order chi connectivity index (χ1) is 22.1. The van der Waals surface area contributed by atoms with Gasteiger partial charge in [0.2, 0.25) is 6.40 Å². The second kappa shape index (κ2) is 40.5. The van der Waals surface area contributed by atoms with Gasteiger partial charge in [-0.05, 0) is 0 Å². The molecule has 0 aliphatic heterocycles. The number of alkyl carbamates (subject to hydrolysis) is 1. The van der Waals surface area contributed by atoms with Gasteiger partial charge >= 0.3 is 6.09 Å². The fourth-order valence-corrected chi connectivity index (χ4v) is 13.0. The van der Waals surface area contributed by atoms with Gasteiger partial charge in [-0.3, -0.25) is 14.0 Å². The SMILES string of the molecule is O=C(NCSCSCSC/N=C\S(=O)CSCO)OCSCSCSCOO/C=N/CSCSCSCNC(=O)SCSCO.